The topological polar surface area (TPSA) is 81.5 Å². The summed E-state index contributed by atoms with van der Waals surface area (Å²) in [5.41, 5.74) is 0.218. The number of nitrogens with zero attached hydrogens (tertiary/aromatic N) is 1. The first-order valence-corrected chi connectivity index (χ1v) is 7.87. The number of nitro benzene ring substituents is 1. The molecule has 0 unspecified atom stereocenters. The van der Waals surface area contributed by atoms with Crippen LogP contribution in [0.4, 0.5) is 11.4 Å². The second kappa shape index (κ2) is 8.31. The molecule has 1 amide bonds. The monoisotopic (exact) mass is 348 g/mol. The number of anilines is 1. The van der Waals surface area contributed by atoms with Crippen molar-refractivity contribution < 1.29 is 14.5 Å². The van der Waals surface area contributed by atoms with Gasteiger partial charge in [-0.1, -0.05) is 24.9 Å². The molecule has 0 atom stereocenters. The number of ether oxygens (including phenoxy) is 1. The van der Waals surface area contributed by atoms with Crippen LogP contribution in [0.1, 0.15) is 30.1 Å². The minimum atomic E-state index is -0.591. The number of nitro groups is 1. The number of rotatable bonds is 7. The van der Waals surface area contributed by atoms with Gasteiger partial charge >= 0.3 is 0 Å². The fourth-order valence-electron chi connectivity index (χ4n) is 1.99. The van der Waals surface area contributed by atoms with Crippen molar-refractivity contribution in [2.75, 3.05) is 11.9 Å². The first kappa shape index (κ1) is 17.7. The summed E-state index contributed by atoms with van der Waals surface area (Å²) in [5, 5.41) is 13.8. The Balaban J connectivity index is 2.09. The molecule has 24 heavy (non-hydrogen) atoms. The highest BCUT2D eigenvalue weighted by Gasteiger charge is 2.17. The van der Waals surface area contributed by atoms with Gasteiger partial charge in [-0.05, 0) is 42.8 Å². The Bertz CT molecular complexity index is 732. The van der Waals surface area contributed by atoms with Gasteiger partial charge in [-0.15, -0.1) is 0 Å². The average Bonchev–Trinajstić information content (AvgIpc) is 2.57. The number of carbonyl (C=O) groups is 1. The fourth-order valence-corrected chi connectivity index (χ4v) is 2.16. The van der Waals surface area contributed by atoms with Gasteiger partial charge in [0.2, 0.25) is 0 Å². The van der Waals surface area contributed by atoms with Crippen molar-refractivity contribution in [2.45, 2.75) is 19.8 Å². The maximum Gasteiger partial charge on any atom is 0.294 e. The lowest BCUT2D eigenvalue weighted by Gasteiger charge is -2.08. The summed E-state index contributed by atoms with van der Waals surface area (Å²) in [6.07, 6.45) is 2.00. The van der Waals surface area contributed by atoms with Crippen molar-refractivity contribution >= 4 is 28.9 Å². The van der Waals surface area contributed by atoms with Crippen molar-refractivity contribution in [1.82, 2.24) is 0 Å². The zero-order chi connectivity index (χ0) is 17.5. The predicted molar refractivity (Wildman–Crippen MR) is 92.9 cm³/mol. The summed E-state index contributed by atoms with van der Waals surface area (Å²) in [4.78, 5) is 22.7. The maximum absolute atomic E-state index is 12.2. The number of hydrogen-bond acceptors (Lipinski definition) is 4. The molecule has 2 rings (SSSR count). The smallest absolute Gasteiger partial charge is 0.294 e. The van der Waals surface area contributed by atoms with Gasteiger partial charge in [0.15, 0.2) is 0 Å². The number of hydrogen-bond donors (Lipinski definition) is 1. The quantitative estimate of drug-likeness (QED) is 0.447. The predicted octanol–water partition coefficient (Wildman–Crippen LogP) is 4.68. The number of amides is 1. The van der Waals surface area contributed by atoms with E-state index in [0.29, 0.717) is 17.9 Å². The van der Waals surface area contributed by atoms with Crippen LogP contribution in [0.15, 0.2) is 42.5 Å². The molecule has 0 aliphatic carbocycles. The molecule has 1 N–H and O–H groups in total. The normalized spacial score (nSPS) is 10.2. The van der Waals surface area contributed by atoms with Crippen molar-refractivity contribution in [3.63, 3.8) is 0 Å². The van der Waals surface area contributed by atoms with Crippen molar-refractivity contribution in [3.8, 4) is 5.75 Å². The summed E-state index contributed by atoms with van der Waals surface area (Å²) in [5.74, 6) is 0.234. The molecule has 0 heterocycles. The van der Waals surface area contributed by atoms with Crippen LogP contribution in [-0.4, -0.2) is 17.4 Å². The minimum Gasteiger partial charge on any atom is -0.494 e. The van der Waals surface area contributed by atoms with Crippen LogP contribution in [0.2, 0.25) is 5.02 Å². The van der Waals surface area contributed by atoms with Crippen LogP contribution < -0.4 is 10.1 Å². The van der Waals surface area contributed by atoms with E-state index in [4.69, 9.17) is 16.3 Å². The maximum atomic E-state index is 12.2. The third kappa shape index (κ3) is 4.70. The van der Waals surface area contributed by atoms with Gasteiger partial charge in [0, 0.05) is 16.7 Å². The largest absolute Gasteiger partial charge is 0.494 e. The molecular weight excluding hydrogens is 332 g/mol. The summed E-state index contributed by atoms with van der Waals surface area (Å²) >= 11 is 5.75. The van der Waals surface area contributed by atoms with Crippen molar-refractivity contribution in [1.29, 1.82) is 0 Å². The SMILES string of the molecule is CCCCOc1ccc(C(=O)Nc2ccc(Cl)cc2[N+](=O)[O-])cc1. The third-order valence-electron chi connectivity index (χ3n) is 3.29. The number of unbranched alkanes of at least 4 members (excludes halogenated alkanes) is 1. The number of benzene rings is 2. The second-order valence-corrected chi connectivity index (χ2v) is 5.54. The molecule has 2 aromatic rings. The van der Waals surface area contributed by atoms with E-state index in [-0.39, 0.29) is 16.4 Å². The lowest BCUT2D eigenvalue weighted by molar-refractivity contribution is -0.383. The summed E-state index contributed by atoms with van der Waals surface area (Å²) in [6, 6.07) is 10.7. The number of halogens is 1. The van der Waals surface area contributed by atoms with Gasteiger partial charge in [0.05, 0.1) is 11.5 Å². The van der Waals surface area contributed by atoms with Crippen LogP contribution in [0.3, 0.4) is 0 Å². The number of carbonyl (C=O) groups excluding carboxylic acids is 1. The Morgan fingerprint density at radius 2 is 1.96 bits per heavy atom. The van der Waals surface area contributed by atoms with E-state index in [9.17, 15) is 14.9 Å². The van der Waals surface area contributed by atoms with Crippen LogP contribution >= 0.6 is 11.6 Å². The van der Waals surface area contributed by atoms with Crippen molar-refractivity contribution in [2.24, 2.45) is 0 Å². The molecule has 126 valence electrons. The molecule has 0 fully saturated rings. The van der Waals surface area contributed by atoms with Gasteiger partial charge < -0.3 is 10.1 Å². The van der Waals surface area contributed by atoms with Gasteiger partial charge in [0.25, 0.3) is 11.6 Å². The Morgan fingerprint density at radius 3 is 2.58 bits per heavy atom. The van der Waals surface area contributed by atoms with E-state index in [0.717, 1.165) is 12.8 Å². The van der Waals surface area contributed by atoms with Crippen LogP contribution in [0, 0.1) is 10.1 Å². The van der Waals surface area contributed by atoms with Gasteiger partial charge in [-0.25, -0.2) is 0 Å². The minimum absolute atomic E-state index is 0.0951. The highest BCUT2D eigenvalue weighted by atomic mass is 35.5. The van der Waals surface area contributed by atoms with Crippen LogP contribution in [-0.2, 0) is 0 Å². The molecule has 0 radical (unpaired) electrons. The first-order chi connectivity index (χ1) is 11.5. The molecule has 0 aromatic heterocycles. The summed E-state index contributed by atoms with van der Waals surface area (Å²) < 4.78 is 5.53. The Morgan fingerprint density at radius 1 is 1.25 bits per heavy atom. The van der Waals surface area contributed by atoms with Crippen LogP contribution in [0.25, 0.3) is 0 Å². The molecule has 0 aliphatic rings. The Kier molecular flexibility index (Phi) is 6.14. The molecule has 0 bridgehead atoms. The van der Waals surface area contributed by atoms with E-state index in [2.05, 4.69) is 12.2 Å². The van der Waals surface area contributed by atoms with Crippen LogP contribution in [0.5, 0.6) is 5.75 Å². The Labute approximate surface area is 144 Å². The van der Waals surface area contributed by atoms with Gasteiger partial charge in [-0.2, -0.15) is 0 Å². The number of nitrogens with one attached hydrogen (secondary N) is 1. The van der Waals surface area contributed by atoms with Gasteiger partial charge in [0.1, 0.15) is 11.4 Å². The molecule has 7 heteroatoms. The third-order valence-corrected chi connectivity index (χ3v) is 3.52. The molecule has 0 spiro atoms. The lowest BCUT2D eigenvalue weighted by Crippen LogP contribution is -2.13. The molecule has 0 saturated carbocycles. The highest BCUT2D eigenvalue weighted by molar-refractivity contribution is 6.31. The first-order valence-electron chi connectivity index (χ1n) is 7.49. The fraction of sp³-hybridized carbons (Fsp3) is 0.235. The van der Waals surface area contributed by atoms with E-state index in [1.165, 1.54) is 18.2 Å². The zero-order valence-electron chi connectivity index (χ0n) is 13.1. The molecule has 0 saturated heterocycles. The van der Waals surface area contributed by atoms with E-state index < -0.39 is 10.8 Å². The van der Waals surface area contributed by atoms with Gasteiger partial charge in [-0.3, -0.25) is 14.9 Å². The summed E-state index contributed by atoms with van der Waals surface area (Å²) in [7, 11) is 0. The zero-order valence-corrected chi connectivity index (χ0v) is 13.9. The second-order valence-electron chi connectivity index (χ2n) is 5.10. The molecular formula is C17H17ClN2O4. The lowest BCUT2D eigenvalue weighted by atomic mass is 10.2. The van der Waals surface area contributed by atoms with E-state index >= 15 is 0 Å². The molecule has 0 aliphatic heterocycles. The standard InChI is InChI=1S/C17H17ClN2O4/c1-2-3-10-24-14-7-4-12(5-8-14)17(21)19-15-9-6-13(18)11-16(15)20(22)23/h4-9,11H,2-3,10H2,1H3,(H,19,21). The van der Waals surface area contributed by atoms with E-state index in [1.54, 1.807) is 24.3 Å². The highest BCUT2D eigenvalue weighted by Crippen LogP contribution is 2.28. The molecule has 6 nitrogen and oxygen atoms in total. The Hall–Kier alpha value is -2.60. The average molecular weight is 349 g/mol. The van der Waals surface area contributed by atoms with E-state index in [1.807, 2.05) is 0 Å². The van der Waals surface area contributed by atoms with Crippen molar-refractivity contribution in [3.05, 3.63) is 63.2 Å². The summed E-state index contributed by atoms with van der Waals surface area (Å²) in [6.45, 7) is 2.70. The molecule has 2 aromatic carbocycles.